The standard InChI is InChI=1S/C18H26N2O2/c1-4-18(2,3)14-7-11-16(12-8-14)20-19-15-9-5-13(6-10-15)17(21)22/h5-6,9-10,14,19H,4,7-8,11-12H2,1-3H3,(H,21,22). The van der Waals surface area contributed by atoms with Crippen LogP contribution < -0.4 is 5.43 Å². The first-order chi connectivity index (χ1) is 10.4. The Balaban J connectivity index is 1.89. The number of benzene rings is 1. The summed E-state index contributed by atoms with van der Waals surface area (Å²) in [6.07, 6.45) is 5.74. The fourth-order valence-electron chi connectivity index (χ4n) is 2.96. The van der Waals surface area contributed by atoms with Crippen molar-refractivity contribution in [1.29, 1.82) is 0 Å². The van der Waals surface area contributed by atoms with Gasteiger partial charge in [0, 0.05) is 5.71 Å². The number of carbonyl (C=O) groups is 1. The van der Waals surface area contributed by atoms with Crippen LogP contribution in [0.1, 0.15) is 63.2 Å². The van der Waals surface area contributed by atoms with Crippen LogP contribution in [0.2, 0.25) is 0 Å². The highest BCUT2D eigenvalue weighted by Gasteiger charge is 2.30. The zero-order valence-electron chi connectivity index (χ0n) is 13.7. The van der Waals surface area contributed by atoms with E-state index in [4.69, 9.17) is 5.11 Å². The van der Waals surface area contributed by atoms with Crippen LogP contribution in [0.15, 0.2) is 29.4 Å². The van der Waals surface area contributed by atoms with Crippen LogP contribution in [0.3, 0.4) is 0 Å². The number of nitrogens with zero attached hydrogens (tertiary/aromatic N) is 1. The van der Waals surface area contributed by atoms with Gasteiger partial charge in [-0.1, -0.05) is 27.2 Å². The van der Waals surface area contributed by atoms with Gasteiger partial charge in [0.2, 0.25) is 0 Å². The quantitative estimate of drug-likeness (QED) is 0.769. The summed E-state index contributed by atoms with van der Waals surface area (Å²) < 4.78 is 0. The van der Waals surface area contributed by atoms with Crippen LogP contribution in [0.4, 0.5) is 5.69 Å². The molecule has 1 fully saturated rings. The predicted octanol–water partition coefficient (Wildman–Crippen LogP) is 4.78. The summed E-state index contributed by atoms with van der Waals surface area (Å²) in [6, 6.07) is 6.68. The first-order valence-electron chi connectivity index (χ1n) is 8.07. The van der Waals surface area contributed by atoms with Crippen molar-refractivity contribution in [2.24, 2.45) is 16.4 Å². The lowest BCUT2D eigenvalue weighted by Gasteiger charge is -2.36. The predicted molar refractivity (Wildman–Crippen MR) is 90.5 cm³/mol. The van der Waals surface area contributed by atoms with Gasteiger partial charge in [0.25, 0.3) is 0 Å². The molecule has 0 aromatic heterocycles. The number of carboxylic acids is 1. The normalized spacial score (nSPS) is 18.9. The SMILES string of the molecule is CCC(C)(C)C1CCC(=NNc2ccc(C(=O)O)cc2)CC1. The summed E-state index contributed by atoms with van der Waals surface area (Å²) >= 11 is 0. The maximum Gasteiger partial charge on any atom is 0.335 e. The van der Waals surface area contributed by atoms with Gasteiger partial charge >= 0.3 is 5.97 Å². The second-order valence-electron chi connectivity index (χ2n) is 6.79. The molecule has 1 aliphatic carbocycles. The average Bonchev–Trinajstić information content (AvgIpc) is 2.53. The lowest BCUT2D eigenvalue weighted by atomic mass is 9.69. The molecule has 0 aliphatic heterocycles. The largest absolute Gasteiger partial charge is 0.478 e. The van der Waals surface area contributed by atoms with Crippen molar-refractivity contribution in [3.63, 3.8) is 0 Å². The molecule has 1 aromatic carbocycles. The van der Waals surface area contributed by atoms with Crippen LogP contribution in [0, 0.1) is 11.3 Å². The van der Waals surface area contributed by atoms with Crippen LogP contribution in [0.25, 0.3) is 0 Å². The molecule has 2 N–H and O–H groups in total. The molecule has 0 unspecified atom stereocenters. The average molecular weight is 302 g/mol. The van der Waals surface area contributed by atoms with Crippen molar-refractivity contribution in [2.45, 2.75) is 52.9 Å². The Morgan fingerprint density at radius 3 is 2.36 bits per heavy atom. The van der Waals surface area contributed by atoms with Gasteiger partial charge in [-0.3, -0.25) is 5.43 Å². The van der Waals surface area contributed by atoms with Gasteiger partial charge in [0.1, 0.15) is 0 Å². The summed E-state index contributed by atoms with van der Waals surface area (Å²) in [5.74, 6) is -0.124. The second kappa shape index (κ2) is 6.95. The van der Waals surface area contributed by atoms with E-state index < -0.39 is 5.97 Å². The van der Waals surface area contributed by atoms with Gasteiger partial charge in [-0.05, 0) is 61.3 Å². The Kier molecular flexibility index (Phi) is 5.22. The Hall–Kier alpha value is -1.84. The molecule has 4 heteroatoms. The van der Waals surface area contributed by atoms with E-state index in [0.29, 0.717) is 11.0 Å². The summed E-state index contributed by atoms with van der Waals surface area (Å²) in [5.41, 5.74) is 5.80. The fourth-order valence-corrected chi connectivity index (χ4v) is 2.96. The summed E-state index contributed by atoms with van der Waals surface area (Å²) in [7, 11) is 0. The van der Waals surface area contributed by atoms with E-state index in [1.54, 1.807) is 24.3 Å². The molecule has 22 heavy (non-hydrogen) atoms. The highest BCUT2D eigenvalue weighted by Crippen LogP contribution is 2.39. The summed E-state index contributed by atoms with van der Waals surface area (Å²) in [5, 5.41) is 13.4. The number of hydrogen-bond acceptors (Lipinski definition) is 3. The van der Waals surface area contributed by atoms with Crippen molar-refractivity contribution in [1.82, 2.24) is 0 Å². The molecular weight excluding hydrogens is 276 g/mol. The van der Waals surface area contributed by atoms with Crippen LogP contribution in [-0.4, -0.2) is 16.8 Å². The van der Waals surface area contributed by atoms with E-state index in [-0.39, 0.29) is 0 Å². The molecule has 0 spiro atoms. The van der Waals surface area contributed by atoms with Crippen LogP contribution in [-0.2, 0) is 0 Å². The molecule has 1 aliphatic rings. The Bertz CT molecular complexity index is 537. The van der Waals surface area contributed by atoms with Gasteiger partial charge in [0.05, 0.1) is 11.3 Å². The zero-order chi connectivity index (χ0) is 16.2. The number of nitrogens with one attached hydrogen (secondary N) is 1. The molecule has 0 radical (unpaired) electrons. The minimum absolute atomic E-state index is 0.292. The topological polar surface area (TPSA) is 61.7 Å². The van der Waals surface area contributed by atoms with Crippen LogP contribution >= 0.6 is 0 Å². The van der Waals surface area contributed by atoms with E-state index >= 15 is 0 Å². The number of rotatable bonds is 5. The number of aromatic carboxylic acids is 1. The van der Waals surface area contributed by atoms with Crippen LogP contribution in [0.5, 0.6) is 0 Å². The molecule has 1 aromatic rings. The Labute approximate surface area is 132 Å². The molecule has 2 rings (SSSR count). The molecule has 0 atom stereocenters. The monoisotopic (exact) mass is 302 g/mol. The van der Waals surface area contributed by atoms with Crippen molar-refractivity contribution in [3.05, 3.63) is 29.8 Å². The maximum absolute atomic E-state index is 10.8. The fraction of sp³-hybridized carbons (Fsp3) is 0.556. The molecule has 0 saturated heterocycles. The maximum atomic E-state index is 10.8. The van der Waals surface area contributed by atoms with E-state index in [1.165, 1.54) is 25.0 Å². The third-order valence-electron chi connectivity index (χ3n) is 5.05. The molecule has 0 bridgehead atoms. The van der Waals surface area contributed by atoms with Crippen molar-refractivity contribution in [3.8, 4) is 0 Å². The number of anilines is 1. The molecule has 0 heterocycles. The number of hydrogen-bond donors (Lipinski definition) is 2. The minimum Gasteiger partial charge on any atom is -0.478 e. The van der Waals surface area contributed by atoms with Crippen molar-refractivity contribution >= 4 is 17.4 Å². The first-order valence-corrected chi connectivity index (χ1v) is 8.07. The third-order valence-corrected chi connectivity index (χ3v) is 5.05. The van der Waals surface area contributed by atoms with E-state index in [2.05, 4.69) is 31.3 Å². The van der Waals surface area contributed by atoms with Gasteiger partial charge < -0.3 is 5.11 Å². The van der Waals surface area contributed by atoms with Gasteiger partial charge in [0.15, 0.2) is 0 Å². The third kappa shape index (κ3) is 4.09. The van der Waals surface area contributed by atoms with E-state index in [0.717, 1.165) is 24.4 Å². The molecule has 0 amide bonds. The Morgan fingerprint density at radius 2 is 1.86 bits per heavy atom. The smallest absolute Gasteiger partial charge is 0.335 e. The highest BCUT2D eigenvalue weighted by atomic mass is 16.4. The highest BCUT2D eigenvalue weighted by molar-refractivity contribution is 5.88. The lowest BCUT2D eigenvalue weighted by Crippen LogP contribution is -2.28. The molecule has 1 saturated carbocycles. The molecule has 4 nitrogen and oxygen atoms in total. The van der Waals surface area contributed by atoms with Crippen molar-refractivity contribution < 1.29 is 9.90 Å². The second-order valence-corrected chi connectivity index (χ2v) is 6.79. The van der Waals surface area contributed by atoms with E-state index in [1.807, 2.05) is 0 Å². The van der Waals surface area contributed by atoms with Gasteiger partial charge in [-0.15, -0.1) is 0 Å². The number of carboxylic acid groups (broad SMARTS) is 1. The summed E-state index contributed by atoms with van der Waals surface area (Å²) in [6.45, 7) is 7.00. The van der Waals surface area contributed by atoms with Gasteiger partial charge in [-0.25, -0.2) is 4.79 Å². The Morgan fingerprint density at radius 1 is 1.27 bits per heavy atom. The van der Waals surface area contributed by atoms with E-state index in [9.17, 15) is 4.79 Å². The minimum atomic E-state index is -0.908. The number of hydrazone groups is 1. The first kappa shape index (κ1) is 16.5. The summed E-state index contributed by atoms with van der Waals surface area (Å²) in [4.78, 5) is 10.8. The lowest BCUT2D eigenvalue weighted by molar-refractivity contribution is 0.0697. The van der Waals surface area contributed by atoms with Crippen molar-refractivity contribution in [2.75, 3.05) is 5.43 Å². The zero-order valence-corrected chi connectivity index (χ0v) is 13.7. The van der Waals surface area contributed by atoms with Gasteiger partial charge in [-0.2, -0.15) is 5.10 Å². The molecular formula is C18H26N2O2. The molecule has 120 valence electrons.